The summed E-state index contributed by atoms with van der Waals surface area (Å²) in [5.74, 6) is 0.434. The molecule has 0 radical (unpaired) electrons. The number of benzene rings is 2. The molecule has 5 nitrogen and oxygen atoms in total. The van der Waals surface area contributed by atoms with Gasteiger partial charge in [0.25, 0.3) is 5.91 Å². The van der Waals surface area contributed by atoms with E-state index in [0.29, 0.717) is 29.6 Å². The van der Waals surface area contributed by atoms with Gasteiger partial charge >= 0.3 is 0 Å². The highest BCUT2D eigenvalue weighted by Crippen LogP contribution is 2.16. The maximum absolute atomic E-state index is 12.3. The molecule has 2 N–H and O–H groups in total. The van der Waals surface area contributed by atoms with Crippen LogP contribution >= 0.6 is 12.2 Å². The van der Waals surface area contributed by atoms with Crippen LogP contribution in [0.15, 0.2) is 54.6 Å². The lowest BCUT2D eigenvalue weighted by molar-refractivity contribution is 0.0976. The maximum atomic E-state index is 12.3. The van der Waals surface area contributed by atoms with Gasteiger partial charge in [0.15, 0.2) is 5.11 Å². The van der Waals surface area contributed by atoms with E-state index >= 15 is 0 Å². The van der Waals surface area contributed by atoms with Gasteiger partial charge in [0.2, 0.25) is 0 Å². The van der Waals surface area contributed by atoms with Gasteiger partial charge in [0.1, 0.15) is 12.4 Å². The van der Waals surface area contributed by atoms with Crippen molar-refractivity contribution in [2.24, 2.45) is 0 Å². The van der Waals surface area contributed by atoms with Crippen LogP contribution in [0, 0.1) is 0 Å². The Morgan fingerprint density at radius 3 is 2.38 bits per heavy atom. The molecule has 26 heavy (non-hydrogen) atoms. The molecule has 0 heterocycles. The Balaban J connectivity index is 1.89. The minimum Gasteiger partial charge on any atom is -0.491 e. The van der Waals surface area contributed by atoms with Crippen LogP contribution in [0.1, 0.15) is 35.3 Å². The average Bonchev–Trinajstić information content (AvgIpc) is 2.67. The minimum absolute atomic E-state index is 0.0561. The van der Waals surface area contributed by atoms with E-state index in [9.17, 15) is 4.79 Å². The lowest BCUT2D eigenvalue weighted by Crippen LogP contribution is -2.40. The number of amides is 1. The molecule has 0 saturated heterocycles. The Hall–Kier alpha value is -2.44. The van der Waals surface area contributed by atoms with E-state index in [2.05, 4.69) is 17.6 Å². The SMILES string of the molecule is CCC(NC(=S)NC(=O)c1ccc(OCCOC)cc1)c1ccccc1. The molecule has 0 aromatic heterocycles. The Kier molecular flexibility index (Phi) is 8.05. The summed E-state index contributed by atoms with van der Waals surface area (Å²) in [6.45, 7) is 3.05. The van der Waals surface area contributed by atoms with Crippen molar-refractivity contribution in [3.8, 4) is 5.75 Å². The van der Waals surface area contributed by atoms with Gasteiger partial charge in [-0.15, -0.1) is 0 Å². The number of hydrogen-bond acceptors (Lipinski definition) is 4. The van der Waals surface area contributed by atoms with Crippen LogP contribution in [0.2, 0.25) is 0 Å². The highest BCUT2D eigenvalue weighted by molar-refractivity contribution is 7.80. The van der Waals surface area contributed by atoms with Crippen LogP contribution in [-0.4, -0.2) is 31.3 Å². The van der Waals surface area contributed by atoms with Gasteiger partial charge in [-0.2, -0.15) is 0 Å². The molecule has 6 heteroatoms. The van der Waals surface area contributed by atoms with Crippen molar-refractivity contribution in [3.63, 3.8) is 0 Å². The molecule has 1 atom stereocenters. The summed E-state index contributed by atoms with van der Waals surface area (Å²) in [4.78, 5) is 12.3. The Morgan fingerprint density at radius 2 is 1.77 bits per heavy atom. The first kappa shape index (κ1) is 19.9. The van der Waals surface area contributed by atoms with Crippen LogP contribution in [0.5, 0.6) is 5.75 Å². The van der Waals surface area contributed by atoms with Crippen LogP contribution in [0.3, 0.4) is 0 Å². The maximum Gasteiger partial charge on any atom is 0.257 e. The number of rotatable bonds is 8. The third-order valence-electron chi connectivity index (χ3n) is 3.82. The molecule has 2 aromatic rings. The van der Waals surface area contributed by atoms with E-state index in [0.717, 1.165) is 12.0 Å². The molecule has 0 aliphatic carbocycles. The number of methoxy groups -OCH3 is 1. The number of nitrogens with one attached hydrogen (secondary N) is 2. The highest BCUT2D eigenvalue weighted by atomic mass is 32.1. The van der Waals surface area contributed by atoms with Crippen molar-refractivity contribution in [3.05, 3.63) is 65.7 Å². The van der Waals surface area contributed by atoms with E-state index in [1.54, 1.807) is 31.4 Å². The van der Waals surface area contributed by atoms with E-state index in [1.165, 1.54) is 0 Å². The summed E-state index contributed by atoms with van der Waals surface area (Å²) in [7, 11) is 1.62. The second kappa shape index (κ2) is 10.5. The molecule has 0 aliphatic heterocycles. The summed E-state index contributed by atoms with van der Waals surface area (Å²) in [5.41, 5.74) is 1.64. The summed E-state index contributed by atoms with van der Waals surface area (Å²) in [6.07, 6.45) is 0.855. The van der Waals surface area contributed by atoms with E-state index in [4.69, 9.17) is 21.7 Å². The molecular weight excluding hydrogens is 348 g/mol. The van der Waals surface area contributed by atoms with Gasteiger partial charge in [-0.25, -0.2) is 0 Å². The number of hydrogen-bond donors (Lipinski definition) is 2. The van der Waals surface area contributed by atoms with Gasteiger partial charge in [-0.1, -0.05) is 37.3 Å². The topological polar surface area (TPSA) is 59.6 Å². The normalized spacial score (nSPS) is 11.5. The number of carbonyl (C=O) groups excluding carboxylic acids is 1. The zero-order chi connectivity index (χ0) is 18.8. The minimum atomic E-state index is -0.256. The van der Waals surface area contributed by atoms with E-state index < -0.39 is 0 Å². The molecule has 1 amide bonds. The zero-order valence-electron chi connectivity index (χ0n) is 15.0. The fraction of sp³-hybridized carbons (Fsp3) is 0.300. The van der Waals surface area contributed by atoms with Crippen LogP contribution in [-0.2, 0) is 4.74 Å². The smallest absolute Gasteiger partial charge is 0.257 e. The summed E-state index contributed by atoms with van der Waals surface area (Å²) in [6, 6.07) is 17.0. The van der Waals surface area contributed by atoms with Gasteiger partial charge < -0.3 is 14.8 Å². The molecule has 2 rings (SSSR count). The summed E-state index contributed by atoms with van der Waals surface area (Å²) < 4.78 is 10.4. The Bertz CT molecular complexity index is 705. The van der Waals surface area contributed by atoms with Crippen LogP contribution in [0.4, 0.5) is 0 Å². The van der Waals surface area contributed by atoms with Gasteiger partial charge in [0.05, 0.1) is 12.6 Å². The molecule has 2 aromatic carbocycles. The molecule has 1 unspecified atom stereocenters. The molecule has 0 bridgehead atoms. The van der Waals surface area contributed by atoms with Crippen molar-refractivity contribution >= 4 is 23.2 Å². The third kappa shape index (κ3) is 6.13. The molecule has 0 aliphatic rings. The van der Waals surface area contributed by atoms with Crippen molar-refractivity contribution < 1.29 is 14.3 Å². The summed E-state index contributed by atoms with van der Waals surface area (Å²) >= 11 is 5.29. The highest BCUT2D eigenvalue weighted by Gasteiger charge is 2.13. The monoisotopic (exact) mass is 372 g/mol. The number of thiocarbonyl (C=S) groups is 1. The second-order valence-corrected chi connectivity index (χ2v) is 6.07. The van der Waals surface area contributed by atoms with E-state index in [-0.39, 0.29) is 11.9 Å². The average molecular weight is 372 g/mol. The first-order valence-corrected chi connectivity index (χ1v) is 8.93. The molecular formula is C20H24N2O3S. The largest absolute Gasteiger partial charge is 0.491 e. The first-order chi connectivity index (χ1) is 12.6. The van der Waals surface area contributed by atoms with Gasteiger partial charge in [-0.3, -0.25) is 10.1 Å². The van der Waals surface area contributed by atoms with Crippen LogP contribution < -0.4 is 15.4 Å². The van der Waals surface area contributed by atoms with Gasteiger partial charge in [0, 0.05) is 12.7 Å². The molecule has 0 spiro atoms. The number of ether oxygens (including phenoxy) is 2. The standard InChI is InChI=1S/C20H24N2O3S/c1-3-18(15-7-5-4-6-8-15)21-20(26)22-19(23)16-9-11-17(12-10-16)25-14-13-24-2/h4-12,18H,3,13-14H2,1-2H3,(H2,21,22,23,26). The van der Waals surface area contributed by atoms with E-state index in [1.807, 2.05) is 30.3 Å². The van der Waals surface area contributed by atoms with Crippen molar-refractivity contribution in [2.75, 3.05) is 20.3 Å². The third-order valence-corrected chi connectivity index (χ3v) is 4.04. The molecule has 0 fully saturated rings. The molecule has 0 saturated carbocycles. The lowest BCUT2D eigenvalue weighted by Gasteiger charge is -2.19. The van der Waals surface area contributed by atoms with Crippen LogP contribution in [0.25, 0.3) is 0 Å². The Morgan fingerprint density at radius 1 is 1.08 bits per heavy atom. The van der Waals surface area contributed by atoms with Crippen molar-refractivity contribution in [2.45, 2.75) is 19.4 Å². The Labute approximate surface area is 159 Å². The quantitative estimate of drug-likeness (QED) is 0.549. The number of carbonyl (C=O) groups is 1. The lowest BCUT2D eigenvalue weighted by atomic mass is 10.1. The fourth-order valence-corrected chi connectivity index (χ4v) is 2.66. The second-order valence-electron chi connectivity index (χ2n) is 5.66. The summed E-state index contributed by atoms with van der Waals surface area (Å²) in [5, 5.41) is 6.22. The fourth-order valence-electron chi connectivity index (χ4n) is 2.42. The molecule has 138 valence electrons. The predicted molar refractivity (Wildman–Crippen MR) is 106 cm³/mol. The first-order valence-electron chi connectivity index (χ1n) is 8.52. The van der Waals surface area contributed by atoms with Gasteiger partial charge in [-0.05, 0) is 48.5 Å². The predicted octanol–water partition coefficient (Wildman–Crippen LogP) is 3.47. The van der Waals surface area contributed by atoms with Crippen molar-refractivity contribution in [1.29, 1.82) is 0 Å². The zero-order valence-corrected chi connectivity index (χ0v) is 15.8. The van der Waals surface area contributed by atoms with Crippen molar-refractivity contribution in [1.82, 2.24) is 10.6 Å².